The number of hydrogen-bond donors (Lipinski definition) is 3. The van der Waals surface area contributed by atoms with Gasteiger partial charge in [0, 0.05) is 30.5 Å². The molecule has 2 heterocycles. The Hall–Kier alpha value is -1.47. The highest BCUT2D eigenvalue weighted by Gasteiger charge is 2.18. The van der Waals surface area contributed by atoms with Crippen molar-refractivity contribution in [3.8, 4) is 0 Å². The average Bonchev–Trinajstić information content (AvgIpc) is 2.95. The molecule has 23 heavy (non-hydrogen) atoms. The zero-order valence-corrected chi connectivity index (χ0v) is 14.7. The standard InChI is InChI=1S/C16H26N4O2S/c1-11(2)9-15(22)18-8-5-14(21)20-16-19-10-13(23-16)12-3-6-17-7-4-12/h10-12,17H,3-9H2,1-2H3,(H,18,22)(H,19,20,21). The molecule has 2 amide bonds. The van der Waals surface area contributed by atoms with Crippen LogP contribution in [0.3, 0.4) is 0 Å². The van der Waals surface area contributed by atoms with E-state index in [0.29, 0.717) is 29.9 Å². The third-order valence-electron chi connectivity index (χ3n) is 3.78. The van der Waals surface area contributed by atoms with Gasteiger partial charge in [-0.3, -0.25) is 9.59 Å². The van der Waals surface area contributed by atoms with E-state index in [1.54, 1.807) is 11.3 Å². The summed E-state index contributed by atoms with van der Waals surface area (Å²) < 4.78 is 0. The van der Waals surface area contributed by atoms with E-state index in [-0.39, 0.29) is 18.2 Å². The molecule has 1 aliphatic heterocycles. The van der Waals surface area contributed by atoms with Crippen LogP contribution in [0.4, 0.5) is 5.13 Å². The Morgan fingerprint density at radius 3 is 2.78 bits per heavy atom. The van der Waals surface area contributed by atoms with Gasteiger partial charge < -0.3 is 16.0 Å². The van der Waals surface area contributed by atoms with E-state index < -0.39 is 0 Å². The first-order chi connectivity index (χ1) is 11.0. The number of carbonyl (C=O) groups is 2. The molecule has 1 aliphatic rings. The fourth-order valence-corrected chi connectivity index (χ4v) is 3.58. The molecular weight excluding hydrogens is 312 g/mol. The number of rotatable bonds is 7. The van der Waals surface area contributed by atoms with Gasteiger partial charge in [0.25, 0.3) is 0 Å². The van der Waals surface area contributed by atoms with Crippen LogP contribution in [0.1, 0.15) is 50.3 Å². The molecule has 1 saturated heterocycles. The fraction of sp³-hybridized carbons (Fsp3) is 0.688. The molecule has 0 aromatic carbocycles. The zero-order chi connectivity index (χ0) is 16.7. The number of carbonyl (C=O) groups excluding carboxylic acids is 2. The lowest BCUT2D eigenvalue weighted by molar-refractivity contribution is -0.121. The molecule has 1 aromatic heterocycles. The lowest BCUT2D eigenvalue weighted by Crippen LogP contribution is -2.28. The lowest BCUT2D eigenvalue weighted by Gasteiger charge is -2.20. The highest BCUT2D eigenvalue weighted by molar-refractivity contribution is 7.15. The van der Waals surface area contributed by atoms with Crippen LogP contribution in [0.25, 0.3) is 0 Å². The van der Waals surface area contributed by atoms with Gasteiger partial charge in [-0.1, -0.05) is 13.8 Å². The molecule has 1 fully saturated rings. The maximum absolute atomic E-state index is 11.9. The van der Waals surface area contributed by atoms with E-state index in [1.807, 2.05) is 20.0 Å². The summed E-state index contributed by atoms with van der Waals surface area (Å²) in [6, 6.07) is 0. The third-order valence-corrected chi connectivity index (χ3v) is 4.85. The van der Waals surface area contributed by atoms with E-state index in [9.17, 15) is 9.59 Å². The Kier molecular flexibility index (Phi) is 6.98. The molecule has 0 atom stereocenters. The number of thiazole rings is 1. The molecule has 0 saturated carbocycles. The minimum atomic E-state index is -0.110. The normalized spacial score (nSPS) is 15.6. The van der Waals surface area contributed by atoms with Crippen molar-refractivity contribution in [2.75, 3.05) is 25.0 Å². The molecule has 7 heteroatoms. The minimum Gasteiger partial charge on any atom is -0.356 e. The van der Waals surface area contributed by atoms with Crippen LogP contribution in [0.15, 0.2) is 6.20 Å². The fourth-order valence-electron chi connectivity index (χ4n) is 2.58. The van der Waals surface area contributed by atoms with Crippen molar-refractivity contribution in [3.05, 3.63) is 11.1 Å². The summed E-state index contributed by atoms with van der Waals surface area (Å²) in [6.07, 6.45) is 4.88. The van der Waals surface area contributed by atoms with Gasteiger partial charge in [-0.2, -0.15) is 0 Å². The summed E-state index contributed by atoms with van der Waals surface area (Å²) in [6.45, 7) is 6.44. The molecule has 0 aliphatic carbocycles. The van der Waals surface area contributed by atoms with Gasteiger partial charge >= 0.3 is 0 Å². The third kappa shape index (κ3) is 6.27. The van der Waals surface area contributed by atoms with E-state index in [4.69, 9.17) is 0 Å². The predicted octanol–water partition coefficient (Wildman–Crippen LogP) is 2.10. The van der Waals surface area contributed by atoms with Crippen molar-refractivity contribution in [2.45, 2.75) is 45.4 Å². The first kappa shape index (κ1) is 17.9. The second kappa shape index (κ2) is 8.98. The van der Waals surface area contributed by atoms with E-state index >= 15 is 0 Å². The van der Waals surface area contributed by atoms with Crippen molar-refractivity contribution in [3.63, 3.8) is 0 Å². The average molecular weight is 338 g/mol. The lowest BCUT2D eigenvalue weighted by atomic mass is 9.97. The zero-order valence-electron chi connectivity index (χ0n) is 13.9. The van der Waals surface area contributed by atoms with Gasteiger partial charge in [0.15, 0.2) is 5.13 Å². The maximum Gasteiger partial charge on any atom is 0.227 e. The van der Waals surface area contributed by atoms with Gasteiger partial charge in [0.05, 0.1) is 0 Å². The van der Waals surface area contributed by atoms with Crippen molar-refractivity contribution < 1.29 is 9.59 Å². The summed E-state index contributed by atoms with van der Waals surface area (Å²) in [5.41, 5.74) is 0. The van der Waals surface area contributed by atoms with Crippen LogP contribution in [0.2, 0.25) is 0 Å². The smallest absolute Gasteiger partial charge is 0.227 e. The van der Waals surface area contributed by atoms with Crippen LogP contribution in [0, 0.1) is 5.92 Å². The van der Waals surface area contributed by atoms with E-state index in [1.165, 1.54) is 4.88 Å². The summed E-state index contributed by atoms with van der Waals surface area (Å²) in [7, 11) is 0. The number of nitrogens with zero attached hydrogens (tertiary/aromatic N) is 1. The molecule has 6 nitrogen and oxygen atoms in total. The summed E-state index contributed by atoms with van der Waals surface area (Å²) in [4.78, 5) is 28.9. The predicted molar refractivity (Wildman–Crippen MR) is 92.7 cm³/mol. The number of hydrogen-bond acceptors (Lipinski definition) is 5. The molecule has 0 bridgehead atoms. The number of amides is 2. The van der Waals surface area contributed by atoms with Crippen LogP contribution in [-0.2, 0) is 9.59 Å². The van der Waals surface area contributed by atoms with Gasteiger partial charge in [0.1, 0.15) is 0 Å². The summed E-state index contributed by atoms with van der Waals surface area (Å²) in [5, 5.41) is 9.58. The second-order valence-corrected chi connectivity index (χ2v) is 7.40. The number of piperidine rings is 1. The summed E-state index contributed by atoms with van der Waals surface area (Å²) >= 11 is 1.56. The molecule has 0 radical (unpaired) electrons. The Balaban J connectivity index is 1.71. The topological polar surface area (TPSA) is 83.1 Å². The van der Waals surface area contributed by atoms with Crippen molar-refractivity contribution >= 4 is 28.3 Å². The minimum absolute atomic E-state index is 0.00440. The largest absolute Gasteiger partial charge is 0.356 e. The molecule has 2 rings (SSSR count). The van der Waals surface area contributed by atoms with Gasteiger partial charge in [-0.25, -0.2) is 4.98 Å². The molecule has 1 aromatic rings. The molecule has 0 spiro atoms. The maximum atomic E-state index is 11.9. The Morgan fingerprint density at radius 2 is 2.09 bits per heavy atom. The van der Waals surface area contributed by atoms with Crippen LogP contribution in [0.5, 0.6) is 0 Å². The summed E-state index contributed by atoms with van der Waals surface area (Å²) in [5.74, 6) is 0.763. The SMILES string of the molecule is CC(C)CC(=O)NCCC(=O)Nc1ncc(C2CCNCC2)s1. The van der Waals surface area contributed by atoms with Gasteiger partial charge in [-0.05, 0) is 37.8 Å². The number of anilines is 1. The van der Waals surface area contributed by atoms with E-state index in [0.717, 1.165) is 25.9 Å². The van der Waals surface area contributed by atoms with Gasteiger partial charge in [-0.15, -0.1) is 11.3 Å². The Morgan fingerprint density at radius 1 is 1.35 bits per heavy atom. The first-order valence-electron chi connectivity index (χ1n) is 8.27. The Labute approximate surface area is 141 Å². The Bertz CT molecular complexity index is 524. The van der Waals surface area contributed by atoms with Crippen molar-refractivity contribution in [2.24, 2.45) is 5.92 Å². The molecule has 3 N–H and O–H groups in total. The molecular formula is C16H26N4O2S. The first-order valence-corrected chi connectivity index (χ1v) is 9.09. The van der Waals surface area contributed by atoms with Crippen LogP contribution in [-0.4, -0.2) is 36.4 Å². The number of aromatic nitrogens is 1. The van der Waals surface area contributed by atoms with Crippen LogP contribution >= 0.6 is 11.3 Å². The van der Waals surface area contributed by atoms with Crippen molar-refractivity contribution in [1.82, 2.24) is 15.6 Å². The molecule has 128 valence electrons. The highest BCUT2D eigenvalue weighted by atomic mass is 32.1. The monoisotopic (exact) mass is 338 g/mol. The van der Waals surface area contributed by atoms with Crippen molar-refractivity contribution in [1.29, 1.82) is 0 Å². The van der Waals surface area contributed by atoms with Crippen LogP contribution < -0.4 is 16.0 Å². The highest BCUT2D eigenvalue weighted by Crippen LogP contribution is 2.31. The van der Waals surface area contributed by atoms with Gasteiger partial charge in [0.2, 0.25) is 11.8 Å². The quantitative estimate of drug-likeness (QED) is 0.711. The van der Waals surface area contributed by atoms with E-state index in [2.05, 4.69) is 20.9 Å². The second-order valence-electron chi connectivity index (χ2n) is 6.34. The number of nitrogens with one attached hydrogen (secondary N) is 3. The molecule has 0 unspecified atom stereocenters.